The van der Waals surface area contributed by atoms with Crippen LogP contribution in [-0.2, 0) is 48.1 Å². The standard InChI is InChI=1S/C43H52N8O7/c1-27-16-18-29(19-17-27)24-47-38(52)33(14-9-20-45-43(44)57)48-39(53)34(23-30-25-46-32-13-6-5-12-31(30)32)49-40(54)36-15-7-8-21-51(36)42(56)35(50-41(55)37-26-58-37)22-28-10-3-2-4-11-28/h2-6,10-13,16-19,25,33-37,46H,7-9,14-15,20-24,26H2,1H3,(H,47,52)(H,48,53)(H,49,54)(H,50,55)(H3,44,45,57)/t33?,34?,35?,36-,37?/m0/s1. The van der Waals surface area contributed by atoms with Gasteiger partial charge in [0.25, 0.3) is 5.91 Å². The van der Waals surface area contributed by atoms with E-state index >= 15 is 0 Å². The Morgan fingerprint density at radius 2 is 1.52 bits per heavy atom. The smallest absolute Gasteiger partial charge is 0.312 e. The summed E-state index contributed by atoms with van der Waals surface area (Å²) in [5, 5.41) is 15.0. The number of para-hydroxylation sites is 1. The van der Waals surface area contributed by atoms with Gasteiger partial charge in [-0.05, 0) is 61.8 Å². The van der Waals surface area contributed by atoms with Crippen LogP contribution < -0.4 is 32.3 Å². The summed E-state index contributed by atoms with van der Waals surface area (Å²) in [6.45, 7) is 2.96. The topological polar surface area (TPSA) is 220 Å². The number of H-pyrrole nitrogens is 1. The Bertz CT molecular complexity index is 2070. The minimum Gasteiger partial charge on any atom is -0.363 e. The van der Waals surface area contributed by atoms with Gasteiger partial charge in [0.1, 0.15) is 24.2 Å². The monoisotopic (exact) mass is 792 g/mol. The Hall–Kier alpha value is -6.22. The molecule has 2 aliphatic heterocycles. The van der Waals surface area contributed by atoms with Crippen molar-refractivity contribution in [3.8, 4) is 0 Å². The van der Waals surface area contributed by atoms with Gasteiger partial charge in [0.15, 0.2) is 6.10 Å². The summed E-state index contributed by atoms with van der Waals surface area (Å²) in [6, 6.07) is 19.9. The van der Waals surface area contributed by atoms with Crippen LogP contribution in [0.3, 0.4) is 0 Å². The summed E-state index contributed by atoms with van der Waals surface area (Å²) >= 11 is 0. The van der Waals surface area contributed by atoms with Gasteiger partial charge in [-0.2, -0.15) is 0 Å². The van der Waals surface area contributed by atoms with Gasteiger partial charge in [-0.15, -0.1) is 0 Å². The minimum atomic E-state index is -1.14. The van der Waals surface area contributed by atoms with Gasteiger partial charge in [-0.1, -0.05) is 78.4 Å². The van der Waals surface area contributed by atoms with E-state index < -0.39 is 59.9 Å². The molecule has 7 amide bonds. The zero-order valence-corrected chi connectivity index (χ0v) is 32.6. The molecule has 4 aromatic rings. The lowest BCUT2D eigenvalue weighted by atomic mass is 9.97. The van der Waals surface area contributed by atoms with E-state index in [-0.39, 0.29) is 44.9 Å². The molecule has 2 aliphatic rings. The summed E-state index contributed by atoms with van der Waals surface area (Å²) in [6.07, 6.45) is 3.68. The normalized spacial score (nSPS) is 17.6. The van der Waals surface area contributed by atoms with Crippen molar-refractivity contribution in [1.29, 1.82) is 0 Å². The third kappa shape index (κ3) is 11.4. The van der Waals surface area contributed by atoms with Gasteiger partial charge in [-0.25, -0.2) is 4.79 Å². The summed E-state index contributed by atoms with van der Waals surface area (Å²) in [4.78, 5) is 85.6. The molecule has 2 fully saturated rings. The number of epoxide rings is 1. The highest BCUT2D eigenvalue weighted by Crippen LogP contribution is 2.23. The van der Waals surface area contributed by atoms with Crippen molar-refractivity contribution in [2.45, 2.75) is 88.7 Å². The van der Waals surface area contributed by atoms with Crippen LogP contribution in [0.25, 0.3) is 10.9 Å². The zero-order valence-electron chi connectivity index (χ0n) is 32.6. The number of benzene rings is 3. The Balaban J connectivity index is 1.22. The number of carbonyl (C=O) groups excluding carboxylic acids is 6. The molecule has 0 saturated carbocycles. The molecule has 6 rings (SSSR count). The van der Waals surface area contributed by atoms with Crippen molar-refractivity contribution >= 4 is 46.5 Å². The SMILES string of the molecule is Cc1ccc(CNC(=O)C(CCCNC(N)=O)NC(=O)C(Cc2c[nH]c3ccccc23)NC(=O)[C@@H]2CCCCN2C(=O)C(Cc2ccccc2)NC(=O)C2CO2)cc1. The minimum absolute atomic E-state index is 0.0806. The predicted octanol–water partition coefficient (Wildman–Crippen LogP) is 2.26. The van der Waals surface area contributed by atoms with Crippen LogP contribution in [0, 0.1) is 6.92 Å². The molecule has 3 aromatic carbocycles. The number of carbonyl (C=O) groups is 6. The Kier molecular flexibility index (Phi) is 14.1. The fourth-order valence-corrected chi connectivity index (χ4v) is 7.26. The molecule has 0 radical (unpaired) electrons. The summed E-state index contributed by atoms with van der Waals surface area (Å²) in [5.74, 6) is -2.33. The molecule has 306 valence electrons. The molecule has 2 saturated heterocycles. The van der Waals surface area contributed by atoms with E-state index in [2.05, 4.69) is 31.6 Å². The highest BCUT2D eigenvalue weighted by molar-refractivity contribution is 5.97. The molecule has 15 heteroatoms. The average Bonchev–Trinajstić information content (AvgIpc) is 4.01. The first-order valence-corrected chi connectivity index (χ1v) is 19.8. The number of hydrogen-bond donors (Lipinski definition) is 7. The van der Waals surface area contributed by atoms with Crippen LogP contribution in [0.4, 0.5) is 4.79 Å². The number of primary amides is 1. The van der Waals surface area contributed by atoms with Crippen LogP contribution in [0.1, 0.15) is 54.4 Å². The van der Waals surface area contributed by atoms with Crippen LogP contribution in [0.15, 0.2) is 85.1 Å². The van der Waals surface area contributed by atoms with Crippen molar-refractivity contribution in [1.82, 2.24) is 36.5 Å². The molecule has 0 bridgehead atoms. The fourth-order valence-electron chi connectivity index (χ4n) is 7.26. The Morgan fingerprint density at radius 1 is 0.793 bits per heavy atom. The number of nitrogens with zero attached hydrogens (tertiary/aromatic N) is 1. The second kappa shape index (κ2) is 19.8. The Labute approximate surface area is 337 Å². The quantitative estimate of drug-likeness (QED) is 0.0588. The van der Waals surface area contributed by atoms with E-state index in [1.807, 2.05) is 85.8 Å². The maximum atomic E-state index is 14.4. The molecular weight excluding hydrogens is 741 g/mol. The number of aryl methyl sites for hydroxylation is 1. The van der Waals surface area contributed by atoms with Gasteiger partial charge in [-0.3, -0.25) is 24.0 Å². The van der Waals surface area contributed by atoms with Crippen molar-refractivity contribution in [2.75, 3.05) is 19.7 Å². The van der Waals surface area contributed by atoms with Gasteiger partial charge < -0.3 is 46.9 Å². The van der Waals surface area contributed by atoms with Crippen LogP contribution in [0.5, 0.6) is 0 Å². The first kappa shape index (κ1) is 41.4. The highest BCUT2D eigenvalue weighted by atomic mass is 16.6. The number of urea groups is 1. The van der Waals surface area contributed by atoms with E-state index in [9.17, 15) is 28.8 Å². The van der Waals surface area contributed by atoms with E-state index in [0.717, 1.165) is 33.2 Å². The molecule has 58 heavy (non-hydrogen) atoms. The number of amides is 7. The van der Waals surface area contributed by atoms with E-state index in [1.54, 1.807) is 6.20 Å². The molecule has 4 unspecified atom stereocenters. The van der Waals surface area contributed by atoms with Crippen LogP contribution >= 0.6 is 0 Å². The number of rotatable bonds is 18. The lowest BCUT2D eigenvalue weighted by Crippen LogP contribution is -2.61. The number of fused-ring (bicyclic) bond motifs is 1. The number of nitrogens with one attached hydrogen (secondary N) is 6. The van der Waals surface area contributed by atoms with Gasteiger partial charge in [0, 0.05) is 49.6 Å². The number of ether oxygens (including phenoxy) is 1. The summed E-state index contributed by atoms with van der Waals surface area (Å²) in [7, 11) is 0. The molecule has 8 N–H and O–H groups in total. The van der Waals surface area contributed by atoms with E-state index in [4.69, 9.17) is 10.5 Å². The number of likely N-dealkylation sites (tertiary alicyclic amines) is 1. The molecule has 15 nitrogen and oxygen atoms in total. The van der Waals surface area contributed by atoms with Crippen LogP contribution in [0.2, 0.25) is 0 Å². The fraction of sp³-hybridized carbons (Fsp3) is 0.395. The molecule has 1 aromatic heterocycles. The lowest BCUT2D eigenvalue weighted by molar-refractivity contribution is -0.145. The number of piperidine rings is 1. The van der Waals surface area contributed by atoms with Crippen molar-refractivity contribution in [3.63, 3.8) is 0 Å². The molecular formula is C43H52N8O7. The average molecular weight is 793 g/mol. The van der Waals surface area contributed by atoms with Gasteiger partial charge >= 0.3 is 6.03 Å². The number of aromatic amines is 1. The highest BCUT2D eigenvalue weighted by Gasteiger charge is 2.40. The van der Waals surface area contributed by atoms with Gasteiger partial charge in [0.05, 0.1) is 6.61 Å². The summed E-state index contributed by atoms with van der Waals surface area (Å²) < 4.78 is 5.17. The number of nitrogens with two attached hydrogens (primary N) is 1. The van der Waals surface area contributed by atoms with Gasteiger partial charge in [0.2, 0.25) is 23.6 Å². The first-order chi connectivity index (χ1) is 28.0. The molecule has 0 spiro atoms. The number of aromatic nitrogens is 1. The Morgan fingerprint density at radius 3 is 2.26 bits per heavy atom. The molecule has 0 aliphatic carbocycles. The van der Waals surface area contributed by atoms with Crippen molar-refractivity contribution in [3.05, 3.63) is 107 Å². The first-order valence-electron chi connectivity index (χ1n) is 19.8. The largest absolute Gasteiger partial charge is 0.363 e. The molecule has 5 atom stereocenters. The number of hydrogen-bond acceptors (Lipinski definition) is 7. The summed E-state index contributed by atoms with van der Waals surface area (Å²) in [5.41, 5.74) is 9.67. The van der Waals surface area contributed by atoms with Crippen molar-refractivity contribution in [2.24, 2.45) is 5.73 Å². The maximum Gasteiger partial charge on any atom is 0.312 e. The third-order valence-electron chi connectivity index (χ3n) is 10.5. The van der Waals surface area contributed by atoms with Crippen LogP contribution in [-0.4, -0.2) is 95.4 Å². The second-order valence-corrected chi connectivity index (χ2v) is 14.9. The predicted molar refractivity (Wildman–Crippen MR) is 217 cm³/mol. The maximum absolute atomic E-state index is 14.4. The van der Waals surface area contributed by atoms with Crippen molar-refractivity contribution < 1.29 is 33.5 Å². The van der Waals surface area contributed by atoms with E-state index in [1.165, 1.54) is 4.90 Å². The zero-order chi connectivity index (χ0) is 41.0. The van der Waals surface area contributed by atoms with E-state index in [0.29, 0.717) is 32.2 Å². The third-order valence-corrected chi connectivity index (χ3v) is 10.5. The second-order valence-electron chi connectivity index (χ2n) is 14.9. The molecule has 3 heterocycles. The lowest BCUT2D eigenvalue weighted by Gasteiger charge is -2.37.